The first-order valence-electron chi connectivity index (χ1n) is 7.37. The van der Waals surface area contributed by atoms with E-state index in [1.54, 1.807) is 36.9 Å². The van der Waals surface area contributed by atoms with Crippen molar-refractivity contribution in [2.75, 3.05) is 39.4 Å². The van der Waals surface area contributed by atoms with Gasteiger partial charge in [-0.2, -0.15) is 0 Å². The maximum Gasteiger partial charge on any atom is 0.500 e. The Kier molecular flexibility index (Phi) is 8.65. The van der Waals surface area contributed by atoms with Crippen LogP contribution in [0.15, 0.2) is 6.20 Å². The number of thiol groups is 1. The summed E-state index contributed by atoms with van der Waals surface area (Å²) in [5.74, 6) is 0. The fraction of sp³-hybridized carbons (Fsp3) is 0.833. The predicted octanol–water partition coefficient (Wildman–Crippen LogP) is 2.29. The van der Waals surface area contributed by atoms with Crippen LogP contribution in [0, 0.1) is 0 Å². The van der Waals surface area contributed by atoms with Crippen molar-refractivity contribution in [3.05, 3.63) is 11.1 Å². The second kappa shape index (κ2) is 9.68. The lowest BCUT2D eigenvalue weighted by molar-refractivity contribution is 0.123. The van der Waals surface area contributed by atoms with Crippen LogP contribution in [0.25, 0.3) is 0 Å². The number of hydrogen-bond acceptors (Lipinski definition) is 6. The second-order valence-corrected chi connectivity index (χ2v) is 9.27. The molecular weight excluding hydrogens is 340 g/mol. The van der Waals surface area contributed by atoms with E-state index in [2.05, 4.69) is 36.9 Å². The van der Waals surface area contributed by atoms with E-state index in [0.717, 1.165) is 32.0 Å². The molecule has 0 unspecified atom stereocenters. The van der Waals surface area contributed by atoms with E-state index in [1.165, 1.54) is 4.88 Å². The molecule has 0 aromatic carbocycles. The average Bonchev–Trinajstić information content (AvgIpc) is 2.53. The number of hydrogen-bond donors (Lipinski definition) is 2. The van der Waals surface area contributed by atoms with Crippen LogP contribution in [0.3, 0.4) is 0 Å². The standard InChI is InChI=1S/C12H28N4O3S2Si/c1-6-14(7-2)16-13-15(20)11-12(21-16)9-8-10-22(17-3,18-4)19-5/h11,13,20H,6-10H2,1-5H3. The molecule has 7 nitrogen and oxygen atoms in total. The van der Waals surface area contributed by atoms with Crippen molar-refractivity contribution in [3.8, 4) is 0 Å². The highest BCUT2D eigenvalue weighted by atomic mass is 32.1. The largest absolute Gasteiger partial charge is 0.500 e. The molecule has 1 aromatic rings. The van der Waals surface area contributed by atoms with Crippen LogP contribution in [-0.2, 0) is 19.7 Å². The highest BCUT2D eigenvalue weighted by molar-refractivity contribution is 7.78. The molecule has 1 heterocycles. The molecule has 22 heavy (non-hydrogen) atoms. The third-order valence-electron chi connectivity index (χ3n) is 3.48. The molecule has 0 atom stereocenters. The van der Waals surface area contributed by atoms with Crippen LogP contribution >= 0.6 is 24.3 Å². The zero-order valence-corrected chi connectivity index (χ0v) is 16.7. The van der Waals surface area contributed by atoms with E-state index in [4.69, 9.17) is 13.3 Å². The molecule has 1 rings (SSSR count). The topological polar surface area (TPSA) is 56.6 Å². The molecule has 0 spiro atoms. The van der Waals surface area contributed by atoms with E-state index in [9.17, 15) is 0 Å². The van der Waals surface area contributed by atoms with Crippen LogP contribution in [0.1, 0.15) is 25.1 Å². The zero-order valence-electron chi connectivity index (χ0n) is 14.0. The number of aryl methyl sites for hydroxylation is 1. The van der Waals surface area contributed by atoms with Crippen molar-refractivity contribution in [2.45, 2.75) is 32.7 Å². The molecule has 1 N–H and O–H groups in total. The first kappa shape index (κ1) is 19.7. The van der Waals surface area contributed by atoms with Crippen molar-refractivity contribution in [3.63, 3.8) is 0 Å². The zero-order chi connectivity index (χ0) is 16.6. The minimum atomic E-state index is -2.48. The molecule has 0 aliphatic rings. The lowest BCUT2D eigenvalue weighted by Gasteiger charge is -2.25. The Hall–Kier alpha value is -0.393. The summed E-state index contributed by atoms with van der Waals surface area (Å²) in [5.41, 5.74) is 0. The van der Waals surface area contributed by atoms with Gasteiger partial charge in [0, 0.05) is 51.5 Å². The summed E-state index contributed by atoms with van der Waals surface area (Å²) in [6, 6.07) is 0.791. The van der Waals surface area contributed by atoms with Gasteiger partial charge in [-0.25, -0.2) is 9.30 Å². The Balaban J connectivity index is 2.74. The van der Waals surface area contributed by atoms with E-state index >= 15 is 0 Å². The van der Waals surface area contributed by atoms with Crippen LogP contribution in [0.2, 0.25) is 6.04 Å². The molecule has 0 saturated heterocycles. The van der Waals surface area contributed by atoms with Gasteiger partial charge in [0.05, 0.1) is 0 Å². The Labute approximate surface area is 143 Å². The SMILES string of the molecule is CCN(CC)n1[nH]n(S)cc(CCC[Si](OC)(OC)OC)s1. The van der Waals surface area contributed by atoms with E-state index in [-0.39, 0.29) is 0 Å². The Bertz CT molecular complexity index is 454. The van der Waals surface area contributed by atoms with E-state index < -0.39 is 8.80 Å². The van der Waals surface area contributed by atoms with Gasteiger partial charge in [0.1, 0.15) is 0 Å². The minimum absolute atomic E-state index is 0.791. The lowest BCUT2D eigenvalue weighted by Crippen LogP contribution is -2.42. The first-order chi connectivity index (χ1) is 10.5. The maximum atomic E-state index is 5.45. The molecule has 0 bridgehead atoms. The summed E-state index contributed by atoms with van der Waals surface area (Å²) in [6.45, 7) is 6.11. The molecule has 0 aliphatic heterocycles. The smallest absolute Gasteiger partial charge is 0.377 e. The van der Waals surface area contributed by atoms with Gasteiger partial charge in [-0.05, 0) is 51.0 Å². The van der Waals surface area contributed by atoms with Crippen molar-refractivity contribution in [1.29, 1.82) is 0 Å². The number of nitrogens with zero attached hydrogens (tertiary/aromatic N) is 3. The number of nitrogens with one attached hydrogen (secondary N) is 1. The van der Waals surface area contributed by atoms with Crippen LogP contribution in [0.4, 0.5) is 0 Å². The van der Waals surface area contributed by atoms with Gasteiger partial charge in [0.2, 0.25) is 0 Å². The molecule has 0 saturated carbocycles. The van der Waals surface area contributed by atoms with Crippen molar-refractivity contribution in [2.24, 2.45) is 0 Å². The van der Waals surface area contributed by atoms with Crippen LogP contribution in [0.5, 0.6) is 0 Å². The summed E-state index contributed by atoms with van der Waals surface area (Å²) >= 11 is 6.06. The fourth-order valence-electron chi connectivity index (χ4n) is 2.15. The molecular formula is C12H28N4O3S2Si. The molecule has 0 aliphatic carbocycles. The molecule has 130 valence electrons. The third kappa shape index (κ3) is 5.35. The lowest BCUT2D eigenvalue weighted by atomic mass is 10.3. The Morgan fingerprint density at radius 2 is 1.82 bits per heavy atom. The van der Waals surface area contributed by atoms with Gasteiger partial charge in [-0.3, -0.25) is 5.01 Å². The maximum absolute atomic E-state index is 5.45. The summed E-state index contributed by atoms with van der Waals surface area (Å²) in [6.07, 6.45) is 3.85. The number of aromatic nitrogens is 3. The first-order valence-corrected chi connectivity index (χ1v) is 10.5. The van der Waals surface area contributed by atoms with Gasteiger partial charge in [-0.1, -0.05) is 0 Å². The van der Waals surface area contributed by atoms with Gasteiger partial charge < -0.3 is 13.3 Å². The second-order valence-electron chi connectivity index (χ2n) is 4.69. The summed E-state index contributed by atoms with van der Waals surface area (Å²) < 4.78 is 20.0. The summed E-state index contributed by atoms with van der Waals surface area (Å²) in [4.78, 5) is 1.23. The quantitative estimate of drug-likeness (QED) is 0.491. The molecule has 0 radical (unpaired) electrons. The highest BCUT2D eigenvalue weighted by Gasteiger charge is 2.36. The van der Waals surface area contributed by atoms with Crippen molar-refractivity contribution in [1.82, 2.24) is 13.5 Å². The number of H-pyrrole nitrogens is 1. The Morgan fingerprint density at radius 1 is 1.23 bits per heavy atom. The van der Waals surface area contributed by atoms with E-state index in [0.29, 0.717) is 0 Å². The predicted molar refractivity (Wildman–Crippen MR) is 95.9 cm³/mol. The molecule has 10 heteroatoms. The Morgan fingerprint density at radius 3 is 2.32 bits per heavy atom. The highest BCUT2D eigenvalue weighted by Crippen LogP contribution is 2.18. The van der Waals surface area contributed by atoms with Gasteiger partial charge >= 0.3 is 8.80 Å². The van der Waals surface area contributed by atoms with Gasteiger partial charge in [0.25, 0.3) is 0 Å². The van der Waals surface area contributed by atoms with Crippen molar-refractivity contribution >= 4 is 33.2 Å². The monoisotopic (exact) mass is 368 g/mol. The number of aromatic amines is 1. The fourth-order valence-corrected chi connectivity index (χ4v) is 5.33. The van der Waals surface area contributed by atoms with Gasteiger partial charge in [-0.15, -0.1) is 4.18 Å². The minimum Gasteiger partial charge on any atom is -0.377 e. The molecule has 1 aromatic heterocycles. The molecule has 0 amide bonds. The summed E-state index contributed by atoms with van der Waals surface area (Å²) in [7, 11) is 2.46. The summed E-state index contributed by atoms with van der Waals surface area (Å²) in [5, 5.41) is 5.36. The number of rotatable bonds is 10. The average molecular weight is 369 g/mol. The third-order valence-corrected chi connectivity index (χ3v) is 7.55. The van der Waals surface area contributed by atoms with Gasteiger partial charge in [0.15, 0.2) is 0 Å². The van der Waals surface area contributed by atoms with Crippen LogP contribution < -0.4 is 5.01 Å². The normalized spacial score (nSPS) is 11.7. The van der Waals surface area contributed by atoms with E-state index in [1.807, 2.05) is 10.4 Å². The van der Waals surface area contributed by atoms with Crippen molar-refractivity contribution < 1.29 is 13.3 Å². The molecule has 0 fully saturated rings. The van der Waals surface area contributed by atoms with Crippen LogP contribution in [-0.4, -0.2) is 56.7 Å².